The maximum atomic E-state index is 11.8. The molecule has 4 aromatic rings. The predicted molar refractivity (Wildman–Crippen MR) is 176 cm³/mol. The van der Waals surface area contributed by atoms with E-state index in [1.807, 2.05) is 39.8 Å². The maximum Gasteiger partial charge on any atom is 0.326 e. The number of aromatic hydroxyl groups is 2. The van der Waals surface area contributed by atoms with Crippen molar-refractivity contribution in [3.8, 4) is 17.4 Å². The summed E-state index contributed by atoms with van der Waals surface area (Å²) >= 11 is 0. The van der Waals surface area contributed by atoms with Gasteiger partial charge in [-0.25, -0.2) is 23.0 Å². The molecule has 48 heavy (non-hydrogen) atoms. The first-order valence-electron chi connectivity index (χ1n) is 14.2. The fraction of sp³-hybridized carbons (Fsp3) is 0.161. The number of phenolic OH excluding ortho intramolecular Hbond substituents is 2. The Bertz CT molecular complexity index is 2090. The highest BCUT2D eigenvalue weighted by atomic mass is 32.2. The van der Waals surface area contributed by atoms with Crippen LogP contribution in [0.15, 0.2) is 79.1 Å². The van der Waals surface area contributed by atoms with Crippen molar-refractivity contribution >= 4 is 55.8 Å². The smallest absolute Gasteiger partial charge is 0.326 e. The molecule has 0 spiro atoms. The molecular weight excluding hydrogens is 665 g/mol. The zero-order valence-electron chi connectivity index (χ0n) is 25.3. The van der Waals surface area contributed by atoms with Crippen LogP contribution in [0, 0.1) is 0 Å². The molecule has 2 aliphatic heterocycles. The number of anilines is 2. The molecule has 2 amide bonds. The number of aryl methyl sites for hydroxylation is 2. The Morgan fingerprint density at radius 1 is 0.792 bits per heavy atom. The van der Waals surface area contributed by atoms with Gasteiger partial charge < -0.3 is 14.9 Å². The average molecular weight is 695 g/mol. The van der Waals surface area contributed by atoms with Crippen molar-refractivity contribution in [2.45, 2.75) is 12.8 Å². The summed E-state index contributed by atoms with van der Waals surface area (Å²) in [7, 11) is -6.32. The summed E-state index contributed by atoms with van der Waals surface area (Å²) in [6.45, 7) is -0.691. The molecule has 15 nitrogen and oxygen atoms in total. The minimum absolute atomic E-state index is 0.0573. The second-order valence-corrected chi connectivity index (χ2v) is 13.6. The maximum absolute atomic E-state index is 11.8. The number of rotatable bonds is 8. The highest BCUT2D eigenvalue weighted by molar-refractivity contribution is 7.92. The van der Waals surface area contributed by atoms with E-state index in [2.05, 4.69) is 9.97 Å². The number of methoxy groups -OCH3 is 1. The largest absolute Gasteiger partial charge is 0.506 e. The van der Waals surface area contributed by atoms with E-state index < -0.39 is 32.2 Å². The molecule has 2 fully saturated rings. The Morgan fingerprint density at radius 2 is 1.42 bits per heavy atom. The number of hydrogen-bond donors (Lipinski definition) is 4. The van der Waals surface area contributed by atoms with Gasteiger partial charge in [-0.15, -0.1) is 0 Å². The number of nitrogens with one attached hydrogen (secondary N) is 2. The molecule has 4 heterocycles. The number of hydrogen-bond acceptors (Lipinski definition) is 11. The number of carbonyl (C=O) groups excluding carboxylic acids is 2. The van der Waals surface area contributed by atoms with E-state index >= 15 is 0 Å². The van der Waals surface area contributed by atoms with Gasteiger partial charge in [-0.3, -0.25) is 14.6 Å². The second kappa shape index (κ2) is 14.0. The van der Waals surface area contributed by atoms with Crippen LogP contribution >= 0.6 is 0 Å². The molecule has 2 aliphatic rings. The van der Waals surface area contributed by atoms with Gasteiger partial charge in [0.2, 0.25) is 5.88 Å². The van der Waals surface area contributed by atoms with Crippen LogP contribution in [0.5, 0.6) is 17.4 Å². The summed E-state index contributed by atoms with van der Waals surface area (Å²) in [5.74, 6) is -1.15. The van der Waals surface area contributed by atoms with Gasteiger partial charge >= 0.3 is 20.4 Å². The number of aromatic nitrogens is 2. The lowest BCUT2D eigenvalue weighted by molar-refractivity contribution is -0.118. The highest BCUT2D eigenvalue weighted by Crippen LogP contribution is 2.33. The molecule has 6 rings (SSSR count). The predicted octanol–water partition coefficient (Wildman–Crippen LogP) is 1.90. The van der Waals surface area contributed by atoms with Crippen molar-refractivity contribution in [3.63, 3.8) is 0 Å². The number of nitrogens with zero attached hydrogens (tertiary/aromatic N) is 4. The van der Waals surface area contributed by atoms with Gasteiger partial charge in [0.1, 0.15) is 24.6 Å². The topological polar surface area (TPSA) is 208 Å². The van der Waals surface area contributed by atoms with Gasteiger partial charge in [-0.2, -0.15) is 16.8 Å². The highest BCUT2D eigenvalue weighted by Gasteiger charge is 2.36. The zero-order chi connectivity index (χ0) is 34.5. The van der Waals surface area contributed by atoms with E-state index in [9.17, 15) is 36.6 Å². The molecule has 0 radical (unpaired) electrons. The van der Waals surface area contributed by atoms with Gasteiger partial charge in [-0.1, -0.05) is 36.4 Å². The van der Waals surface area contributed by atoms with E-state index in [1.54, 1.807) is 43.8 Å². The molecule has 250 valence electrons. The number of ether oxygens (including phenoxy) is 1. The number of benzene rings is 2. The van der Waals surface area contributed by atoms with Crippen molar-refractivity contribution in [3.05, 3.63) is 102 Å². The molecule has 0 aliphatic carbocycles. The van der Waals surface area contributed by atoms with Crippen LogP contribution in [0.1, 0.15) is 22.4 Å². The van der Waals surface area contributed by atoms with E-state index in [0.29, 0.717) is 24.3 Å². The van der Waals surface area contributed by atoms with Crippen molar-refractivity contribution < 1.29 is 41.4 Å². The van der Waals surface area contributed by atoms with Crippen molar-refractivity contribution in [2.75, 3.05) is 28.8 Å². The van der Waals surface area contributed by atoms with Crippen LogP contribution in [0.2, 0.25) is 0 Å². The van der Waals surface area contributed by atoms with Gasteiger partial charge in [-0.05, 0) is 65.9 Å². The average Bonchev–Trinajstić information content (AvgIpc) is 3.49. The second-order valence-electron chi connectivity index (χ2n) is 10.4. The van der Waals surface area contributed by atoms with Crippen LogP contribution in [-0.4, -0.2) is 69.0 Å². The Kier molecular flexibility index (Phi) is 9.81. The quantitative estimate of drug-likeness (QED) is 0.209. The first-order chi connectivity index (χ1) is 22.8. The lowest BCUT2D eigenvalue weighted by atomic mass is 10.1. The summed E-state index contributed by atoms with van der Waals surface area (Å²) < 4.78 is 57.7. The summed E-state index contributed by atoms with van der Waals surface area (Å²) in [6, 6.07) is 18.4. The third-order valence-electron chi connectivity index (χ3n) is 7.03. The van der Waals surface area contributed by atoms with Crippen LogP contribution in [0.3, 0.4) is 0 Å². The van der Waals surface area contributed by atoms with Crippen molar-refractivity contribution in [1.29, 1.82) is 0 Å². The van der Waals surface area contributed by atoms with Gasteiger partial charge in [0.15, 0.2) is 0 Å². The van der Waals surface area contributed by atoms with Crippen molar-refractivity contribution in [1.82, 2.24) is 19.4 Å². The molecule has 0 atom stereocenters. The Labute approximate surface area is 276 Å². The Balaban J connectivity index is 0.000000188. The summed E-state index contributed by atoms with van der Waals surface area (Å²) in [5.41, 5.74) is 3.38. The molecule has 0 bridgehead atoms. The molecule has 0 unspecified atom stereocenters. The summed E-state index contributed by atoms with van der Waals surface area (Å²) in [6.07, 6.45) is 8.19. The van der Waals surface area contributed by atoms with Crippen LogP contribution in [-0.2, 0) is 42.8 Å². The molecule has 0 saturated carbocycles. The fourth-order valence-corrected chi connectivity index (χ4v) is 7.09. The van der Waals surface area contributed by atoms with Gasteiger partial charge in [0.05, 0.1) is 18.5 Å². The van der Waals surface area contributed by atoms with Crippen LogP contribution < -0.4 is 22.8 Å². The standard InChI is InChI=1S/C16H17N3O5S.C15H13N3O4S/c1-24-16-4-2-3-12(17-16)7-5-11-6-8-13(14(20)9-11)19-10-15(21)18-25(19,22)23;19-14-8-11(3-4-12-2-1-7-16-9-12)5-6-13(14)18-10-15(20)17-23(18,21)22/h2-4,6,8-9,20H,5,7,10H2,1H3,(H,18,21);1-9,19H,10H2,(H,17,20)/b;4-3+. The fourth-order valence-electron chi connectivity index (χ4n) is 4.76. The molecule has 17 heteroatoms. The summed E-state index contributed by atoms with van der Waals surface area (Å²) in [4.78, 5) is 30.9. The summed E-state index contributed by atoms with van der Waals surface area (Å²) in [5, 5.41) is 20.2. The van der Waals surface area contributed by atoms with Gasteiger partial charge in [0.25, 0.3) is 11.8 Å². The third kappa shape index (κ3) is 7.99. The minimum Gasteiger partial charge on any atom is -0.506 e. The molecular formula is C31H30N6O9S2. The normalized spacial score (nSPS) is 16.3. The van der Waals surface area contributed by atoms with Crippen molar-refractivity contribution in [2.24, 2.45) is 0 Å². The third-order valence-corrected chi connectivity index (χ3v) is 9.81. The zero-order valence-corrected chi connectivity index (χ0v) is 27.0. The monoisotopic (exact) mass is 694 g/mol. The van der Waals surface area contributed by atoms with E-state index in [1.165, 1.54) is 24.3 Å². The van der Waals surface area contributed by atoms with Crippen LogP contribution in [0.25, 0.3) is 12.2 Å². The number of pyridine rings is 2. The number of phenols is 2. The SMILES string of the molecule is COc1cccc(CCc2ccc(N3CC(=O)NS3(=O)=O)c(O)c2)n1.O=C1CN(c2ccc(/C=C/c3cccnc3)cc2O)S(=O)(=O)N1. The number of amides is 2. The van der Waals surface area contributed by atoms with Gasteiger partial charge in [0, 0.05) is 24.2 Å². The van der Waals surface area contributed by atoms with Crippen LogP contribution in [0.4, 0.5) is 11.4 Å². The minimum atomic E-state index is -3.94. The lowest BCUT2D eigenvalue weighted by Crippen LogP contribution is -2.29. The molecule has 4 N–H and O–H groups in total. The number of carbonyl (C=O) groups is 2. The lowest BCUT2D eigenvalue weighted by Gasteiger charge is -2.16. The first-order valence-corrected chi connectivity index (χ1v) is 17.1. The Hall–Kier alpha value is -5.68. The Morgan fingerprint density at radius 3 is 1.96 bits per heavy atom. The first kappa shape index (κ1) is 33.7. The molecule has 2 aromatic carbocycles. The molecule has 2 aromatic heterocycles. The van der Waals surface area contributed by atoms with E-state index in [0.717, 1.165) is 25.4 Å². The van der Waals surface area contributed by atoms with E-state index in [4.69, 9.17) is 4.74 Å². The molecule has 2 saturated heterocycles. The van der Waals surface area contributed by atoms with E-state index in [-0.39, 0.29) is 36.0 Å².